The maximum Gasteiger partial charge on any atom is 0.335 e. The maximum absolute atomic E-state index is 10.9. The molecule has 1 atom stereocenters. The summed E-state index contributed by atoms with van der Waals surface area (Å²) in [7, 11) is 0. The fourth-order valence-electron chi connectivity index (χ4n) is 3.31. The second-order valence-corrected chi connectivity index (χ2v) is 7.03. The zero-order chi connectivity index (χ0) is 20.1. The summed E-state index contributed by atoms with van der Waals surface area (Å²) >= 11 is 0. The molecule has 5 heteroatoms. The van der Waals surface area contributed by atoms with Gasteiger partial charge in [0.05, 0.1) is 5.56 Å². The number of benzene rings is 3. The molecule has 0 spiro atoms. The van der Waals surface area contributed by atoms with Crippen LogP contribution in [0.1, 0.15) is 33.2 Å². The van der Waals surface area contributed by atoms with Crippen LogP contribution in [-0.2, 0) is 13.0 Å². The lowest BCUT2D eigenvalue weighted by Crippen LogP contribution is -2.21. The van der Waals surface area contributed by atoms with Gasteiger partial charge in [0.25, 0.3) is 0 Å². The Balaban J connectivity index is 1.25. The maximum atomic E-state index is 10.9. The number of aromatic carboxylic acids is 1. The molecule has 5 nitrogen and oxygen atoms in total. The second kappa shape index (κ2) is 8.80. The van der Waals surface area contributed by atoms with Gasteiger partial charge in [0.1, 0.15) is 6.61 Å². The first kappa shape index (κ1) is 19.0. The Morgan fingerprint density at radius 3 is 2.34 bits per heavy atom. The van der Waals surface area contributed by atoms with Gasteiger partial charge in [-0.15, -0.1) is 0 Å². The molecular weight excluding hydrogens is 366 g/mol. The number of fused-ring (bicyclic) bond motifs is 1. The van der Waals surface area contributed by atoms with Gasteiger partial charge in [-0.2, -0.15) is 0 Å². The second-order valence-electron chi connectivity index (χ2n) is 7.03. The van der Waals surface area contributed by atoms with E-state index in [0.717, 1.165) is 42.1 Å². The first-order chi connectivity index (χ1) is 14.2. The Labute approximate surface area is 169 Å². The van der Waals surface area contributed by atoms with Gasteiger partial charge in [-0.3, -0.25) is 0 Å². The van der Waals surface area contributed by atoms with E-state index >= 15 is 0 Å². The molecule has 0 radical (unpaired) electrons. The summed E-state index contributed by atoms with van der Waals surface area (Å²) in [4.78, 5) is 10.9. The van der Waals surface area contributed by atoms with Crippen molar-refractivity contribution >= 4 is 5.97 Å². The van der Waals surface area contributed by atoms with E-state index in [2.05, 4.69) is 29.6 Å². The number of nitrogens with one attached hydrogen (secondary N) is 1. The number of carboxylic acids is 1. The Bertz CT molecular complexity index is 967. The zero-order valence-corrected chi connectivity index (χ0v) is 16.0. The first-order valence-corrected chi connectivity index (χ1v) is 9.69. The van der Waals surface area contributed by atoms with Crippen molar-refractivity contribution in [1.82, 2.24) is 5.32 Å². The number of carboxylic acid groups (broad SMARTS) is 1. The number of carbonyl (C=O) groups is 1. The largest absolute Gasteiger partial charge is 0.485 e. The van der Waals surface area contributed by atoms with E-state index < -0.39 is 5.97 Å². The fraction of sp³-hybridized carbons (Fsp3) is 0.208. The molecular formula is C24H23NO4. The Hall–Kier alpha value is -3.31. The summed E-state index contributed by atoms with van der Waals surface area (Å²) in [6, 6.07) is 23.1. The average Bonchev–Trinajstić information content (AvgIpc) is 2.77. The third-order valence-corrected chi connectivity index (χ3v) is 4.98. The number of rotatable bonds is 7. The van der Waals surface area contributed by atoms with Crippen molar-refractivity contribution in [1.29, 1.82) is 0 Å². The summed E-state index contributed by atoms with van der Waals surface area (Å²) in [6.07, 6.45) is 0.755. The molecule has 0 amide bonds. The lowest BCUT2D eigenvalue weighted by molar-refractivity contribution is 0.0697. The molecule has 0 unspecified atom stereocenters. The van der Waals surface area contributed by atoms with E-state index in [1.807, 2.05) is 36.4 Å². The average molecular weight is 389 g/mol. The van der Waals surface area contributed by atoms with E-state index in [1.54, 1.807) is 12.1 Å². The number of ether oxygens (including phenoxy) is 2. The van der Waals surface area contributed by atoms with Gasteiger partial charge < -0.3 is 19.9 Å². The molecule has 0 bridgehead atoms. The van der Waals surface area contributed by atoms with Gasteiger partial charge in [0, 0.05) is 6.54 Å². The quantitative estimate of drug-likeness (QED) is 0.592. The molecule has 0 aromatic heterocycles. The normalized spacial score (nSPS) is 15.1. The highest BCUT2D eigenvalue weighted by atomic mass is 16.6. The van der Waals surface area contributed by atoms with Gasteiger partial charge in [-0.05, 0) is 53.9 Å². The van der Waals surface area contributed by atoms with Gasteiger partial charge in [-0.1, -0.05) is 48.5 Å². The SMILES string of the molecule is O=C(O)c1ccc(CCNCc2ccc([C@H]3COc4ccccc4O3)cc2)cc1. The van der Waals surface area contributed by atoms with Gasteiger partial charge in [-0.25, -0.2) is 4.79 Å². The molecule has 3 aromatic rings. The highest BCUT2D eigenvalue weighted by Crippen LogP contribution is 2.35. The zero-order valence-electron chi connectivity index (χ0n) is 16.0. The van der Waals surface area contributed by atoms with E-state index in [1.165, 1.54) is 5.56 Å². The fourth-order valence-corrected chi connectivity index (χ4v) is 3.31. The van der Waals surface area contributed by atoms with Crippen LogP contribution in [-0.4, -0.2) is 24.2 Å². The third-order valence-electron chi connectivity index (χ3n) is 4.98. The Morgan fingerprint density at radius 1 is 0.931 bits per heavy atom. The predicted molar refractivity (Wildman–Crippen MR) is 111 cm³/mol. The Morgan fingerprint density at radius 2 is 1.62 bits per heavy atom. The van der Waals surface area contributed by atoms with Crippen molar-refractivity contribution in [3.05, 3.63) is 95.1 Å². The highest BCUT2D eigenvalue weighted by Gasteiger charge is 2.21. The minimum atomic E-state index is -0.896. The van der Waals surface area contributed by atoms with Crippen LogP contribution in [0.15, 0.2) is 72.8 Å². The van der Waals surface area contributed by atoms with Crippen LogP contribution in [0, 0.1) is 0 Å². The van der Waals surface area contributed by atoms with Gasteiger partial charge >= 0.3 is 5.97 Å². The van der Waals surface area contributed by atoms with Crippen molar-refractivity contribution in [3.63, 3.8) is 0 Å². The van der Waals surface area contributed by atoms with E-state index in [9.17, 15) is 4.79 Å². The van der Waals surface area contributed by atoms with Crippen molar-refractivity contribution in [2.75, 3.05) is 13.2 Å². The van der Waals surface area contributed by atoms with Gasteiger partial charge in [0.15, 0.2) is 17.6 Å². The summed E-state index contributed by atoms with van der Waals surface area (Å²) in [6.45, 7) is 2.11. The van der Waals surface area contributed by atoms with Crippen LogP contribution >= 0.6 is 0 Å². The molecule has 1 heterocycles. The molecule has 0 aliphatic carbocycles. The lowest BCUT2D eigenvalue weighted by Gasteiger charge is -2.26. The standard InChI is InChI=1S/C24H23NO4/c26-24(27)20-11-5-17(6-12-20)13-14-25-15-18-7-9-19(10-8-18)23-16-28-21-3-1-2-4-22(21)29-23/h1-12,23,25H,13-16H2,(H,26,27)/t23-/m1/s1. The van der Waals surface area contributed by atoms with Crippen LogP contribution in [0.4, 0.5) is 0 Å². The molecule has 4 rings (SSSR count). The molecule has 148 valence electrons. The topological polar surface area (TPSA) is 67.8 Å². The molecule has 1 aliphatic rings. The van der Waals surface area contributed by atoms with Crippen LogP contribution < -0.4 is 14.8 Å². The predicted octanol–water partition coefficient (Wildman–Crippen LogP) is 4.23. The number of hydrogen-bond donors (Lipinski definition) is 2. The minimum Gasteiger partial charge on any atom is -0.485 e. The monoisotopic (exact) mass is 389 g/mol. The summed E-state index contributed by atoms with van der Waals surface area (Å²) in [5.41, 5.74) is 3.74. The molecule has 0 fully saturated rings. The van der Waals surface area contributed by atoms with E-state index in [4.69, 9.17) is 14.6 Å². The minimum absolute atomic E-state index is 0.0966. The van der Waals surface area contributed by atoms with Crippen LogP contribution in [0.2, 0.25) is 0 Å². The summed E-state index contributed by atoms with van der Waals surface area (Å²) in [5.74, 6) is 0.681. The van der Waals surface area contributed by atoms with Crippen molar-refractivity contribution < 1.29 is 19.4 Å². The lowest BCUT2D eigenvalue weighted by atomic mass is 10.1. The van der Waals surface area contributed by atoms with Gasteiger partial charge in [0.2, 0.25) is 0 Å². The van der Waals surface area contributed by atoms with Crippen LogP contribution in [0.3, 0.4) is 0 Å². The molecule has 29 heavy (non-hydrogen) atoms. The molecule has 0 saturated heterocycles. The van der Waals surface area contributed by atoms with Crippen LogP contribution in [0.25, 0.3) is 0 Å². The van der Waals surface area contributed by atoms with Crippen LogP contribution in [0.5, 0.6) is 11.5 Å². The summed E-state index contributed by atoms with van der Waals surface area (Å²) in [5, 5.41) is 12.4. The molecule has 1 aliphatic heterocycles. The molecule has 2 N–H and O–H groups in total. The third kappa shape index (κ3) is 4.76. The highest BCUT2D eigenvalue weighted by molar-refractivity contribution is 5.87. The smallest absolute Gasteiger partial charge is 0.335 e. The number of para-hydroxylation sites is 2. The summed E-state index contributed by atoms with van der Waals surface area (Å²) < 4.78 is 11.8. The molecule has 0 saturated carbocycles. The Kier molecular flexibility index (Phi) is 5.77. The van der Waals surface area contributed by atoms with E-state index in [-0.39, 0.29) is 6.10 Å². The van der Waals surface area contributed by atoms with Crippen molar-refractivity contribution in [2.45, 2.75) is 19.1 Å². The van der Waals surface area contributed by atoms with Crippen molar-refractivity contribution in [2.24, 2.45) is 0 Å². The van der Waals surface area contributed by atoms with Crippen molar-refractivity contribution in [3.8, 4) is 11.5 Å². The molecule has 3 aromatic carbocycles. The number of hydrogen-bond acceptors (Lipinski definition) is 4. The first-order valence-electron chi connectivity index (χ1n) is 9.69. The van der Waals surface area contributed by atoms with E-state index in [0.29, 0.717) is 12.2 Å².